The molecule has 3 N–H and O–H groups in total. The minimum absolute atomic E-state index is 1.16. The average molecular weight is 387 g/mol. The van der Waals surface area contributed by atoms with E-state index in [9.17, 15) is 4.57 Å². The molecule has 0 rings (SSSR count). The van der Waals surface area contributed by atoms with Gasteiger partial charge in [-0.15, -0.1) is 0 Å². The van der Waals surface area contributed by atoms with Crippen molar-refractivity contribution in [2.75, 3.05) is 49.7 Å². The van der Waals surface area contributed by atoms with Gasteiger partial charge in [-0.05, 0) is 19.6 Å². The molecule has 0 fully saturated rings. The lowest BCUT2D eigenvalue weighted by atomic mass is 11.6. The predicted octanol–water partition coefficient (Wildman–Crippen LogP) is 1.54. The molecule has 0 radical (unpaired) electrons. The Kier molecular flexibility index (Phi) is 17.2. The van der Waals surface area contributed by atoms with Gasteiger partial charge in [-0.2, -0.15) is 0 Å². The van der Waals surface area contributed by atoms with Crippen LogP contribution in [0.15, 0.2) is 0 Å². The van der Waals surface area contributed by atoms with Crippen molar-refractivity contribution in [2.24, 2.45) is 0 Å². The highest BCUT2D eigenvalue weighted by Crippen LogP contribution is 2.45. The van der Waals surface area contributed by atoms with E-state index in [4.69, 9.17) is 23.4 Å². The molecule has 0 amide bonds. The van der Waals surface area contributed by atoms with Crippen LogP contribution in [0.2, 0.25) is 0 Å². The summed E-state index contributed by atoms with van der Waals surface area (Å²) in [5.41, 5.74) is 0. The zero-order valence-corrected chi connectivity index (χ0v) is 16.7. The molecule has 0 aliphatic rings. The van der Waals surface area contributed by atoms with Gasteiger partial charge >= 0.3 is 7.75 Å². The van der Waals surface area contributed by atoms with Crippen LogP contribution >= 0.6 is 22.9 Å². The Hall–Kier alpha value is 0.470. The zero-order chi connectivity index (χ0) is 18.4. The van der Waals surface area contributed by atoms with E-state index in [2.05, 4.69) is 31.3 Å². The van der Waals surface area contributed by atoms with Crippen molar-refractivity contribution in [1.29, 1.82) is 0 Å². The summed E-state index contributed by atoms with van der Waals surface area (Å²) in [6.07, 6.45) is 6.80. The molecule has 0 spiro atoms. The van der Waals surface area contributed by atoms with Crippen molar-refractivity contribution in [1.82, 2.24) is 5.09 Å². The molecular formula is C9H28NO9P3. The lowest BCUT2D eigenvalue weighted by Gasteiger charge is -2.16. The molecule has 138 valence electrons. The second kappa shape index (κ2) is 13.9. The van der Waals surface area contributed by atoms with Crippen molar-refractivity contribution in [3.05, 3.63) is 0 Å². The number of rotatable bonds is 7. The topological polar surface area (TPSA) is 125 Å². The summed E-state index contributed by atoms with van der Waals surface area (Å²) in [6, 6.07) is 0. The van der Waals surface area contributed by atoms with Gasteiger partial charge < -0.3 is 36.9 Å². The maximum absolute atomic E-state index is 10.2. The second-order valence-corrected chi connectivity index (χ2v) is 9.26. The second-order valence-electron chi connectivity index (χ2n) is 3.09. The summed E-state index contributed by atoms with van der Waals surface area (Å²) >= 11 is 0. The third-order valence-corrected chi connectivity index (χ3v) is 5.81. The minimum atomic E-state index is -3.40. The molecule has 0 saturated carbocycles. The zero-order valence-electron chi connectivity index (χ0n) is 14.0. The summed E-state index contributed by atoms with van der Waals surface area (Å²) in [5.74, 6) is 0. The molecule has 0 aliphatic carbocycles. The highest BCUT2D eigenvalue weighted by atomic mass is 31.2. The summed E-state index contributed by atoms with van der Waals surface area (Å²) in [5, 5.41) is 2.08. The largest absolute Gasteiger partial charge is 0.402 e. The van der Waals surface area contributed by atoms with Gasteiger partial charge in [0, 0.05) is 42.7 Å². The first-order valence-corrected chi connectivity index (χ1v) is 10.6. The molecule has 22 heavy (non-hydrogen) atoms. The first kappa shape index (κ1) is 27.3. The maximum atomic E-state index is 10.2. The Morgan fingerprint density at radius 3 is 1.09 bits per heavy atom. The Balaban J connectivity index is -0.000000247. The van der Waals surface area contributed by atoms with Gasteiger partial charge in [0.15, 0.2) is 0 Å². The third kappa shape index (κ3) is 16.8. The van der Waals surface area contributed by atoms with Crippen molar-refractivity contribution in [3.8, 4) is 0 Å². The molecule has 0 aromatic carbocycles. The number of nitrogens with one attached hydrogen (secondary N) is 1. The van der Waals surface area contributed by atoms with E-state index in [1.807, 2.05) is 0 Å². The quantitative estimate of drug-likeness (QED) is 0.554. The van der Waals surface area contributed by atoms with Crippen LogP contribution in [0.3, 0.4) is 0 Å². The summed E-state index contributed by atoms with van der Waals surface area (Å²) in [7, 11) is 1.52. The summed E-state index contributed by atoms with van der Waals surface area (Å²) in [4.78, 5) is 17.0. The summed E-state index contributed by atoms with van der Waals surface area (Å²) < 4.78 is 37.5. The Bertz CT molecular complexity index is 345. The fraction of sp³-hybridized carbons (Fsp3) is 0.778. The van der Waals surface area contributed by atoms with Gasteiger partial charge in [0.25, 0.3) is 0 Å². The number of hydrogen-bond donors (Lipinski definition) is 3. The standard InChI is InChI=1S/C4H11O3P.C3H9O3P.C2H8NO3P/c1-5-8(4,6-2)7-3;1-5-7(3,4)6-2;1-3-7(4,5)6-2/h4H2,1-3H3;4H,3H2,1-2H3;1-2H3,(H2,3,4,5). The Morgan fingerprint density at radius 2 is 1.09 bits per heavy atom. The van der Waals surface area contributed by atoms with Gasteiger partial charge in [-0.1, -0.05) is 0 Å². The van der Waals surface area contributed by atoms with Crippen LogP contribution < -0.4 is 5.09 Å². The van der Waals surface area contributed by atoms with E-state index < -0.39 is 22.9 Å². The molecule has 10 nitrogen and oxygen atoms in total. The molecule has 13 heteroatoms. The van der Waals surface area contributed by atoms with Crippen LogP contribution in [0.1, 0.15) is 0 Å². The van der Waals surface area contributed by atoms with E-state index in [-0.39, 0.29) is 0 Å². The van der Waals surface area contributed by atoms with Crippen molar-refractivity contribution in [2.45, 2.75) is 0 Å². The first-order chi connectivity index (χ1) is 9.92. The van der Waals surface area contributed by atoms with E-state index in [1.165, 1.54) is 42.6 Å². The lowest BCUT2D eigenvalue weighted by molar-refractivity contribution is 0.233. The number of hydrogen-bond acceptors (Lipinski definition) is 8. The van der Waals surface area contributed by atoms with Crippen molar-refractivity contribution >= 4 is 35.5 Å². The van der Waals surface area contributed by atoms with Crippen molar-refractivity contribution < 1.29 is 41.5 Å². The van der Waals surface area contributed by atoms with Crippen LogP contribution in [0.4, 0.5) is 0 Å². The fourth-order valence-electron chi connectivity index (χ4n) is 0.389. The molecule has 0 aromatic heterocycles. The predicted molar refractivity (Wildman–Crippen MR) is 91.2 cm³/mol. The van der Waals surface area contributed by atoms with E-state index >= 15 is 0 Å². The van der Waals surface area contributed by atoms with Crippen LogP contribution in [0.25, 0.3) is 0 Å². The average Bonchev–Trinajstić information content (AvgIpc) is 2.55. The molecule has 0 bridgehead atoms. The van der Waals surface area contributed by atoms with Crippen LogP contribution in [0, 0.1) is 0 Å². The normalized spacial score (nSPS) is 14.0. The van der Waals surface area contributed by atoms with Gasteiger partial charge in [-0.25, -0.2) is 9.65 Å². The SMILES string of the molecule is C=P(O)(OC)OC.C=P(OC)(OC)OC.CNP(=O)(O)OC. The monoisotopic (exact) mass is 387 g/mol. The molecule has 0 heterocycles. The molecule has 1 atom stereocenters. The third-order valence-electron chi connectivity index (χ3n) is 1.94. The Labute approximate surface area is 132 Å². The highest BCUT2D eigenvalue weighted by Gasteiger charge is 2.10. The molecule has 0 aromatic rings. The first-order valence-electron chi connectivity index (χ1n) is 5.48. The molecule has 0 saturated heterocycles. The van der Waals surface area contributed by atoms with E-state index in [0.717, 1.165) is 7.11 Å². The maximum Gasteiger partial charge on any atom is 0.402 e. The van der Waals surface area contributed by atoms with Gasteiger partial charge in [-0.3, -0.25) is 0 Å². The van der Waals surface area contributed by atoms with Crippen LogP contribution in [-0.2, 0) is 31.7 Å². The van der Waals surface area contributed by atoms with Gasteiger partial charge in [0.1, 0.15) is 0 Å². The summed E-state index contributed by atoms with van der Waals surface area (Å²) in [6.45, 7) is 0. The smallest absolute Gasteiger partial charge is 0.333 e. The lowest BCUT2D eigenvalue weighted by Crippen LogP contribution is -2.02. The van der Waals surface area contributed by atoms with Gasteiger partial charge in [0.05, 0.1) is 0 Å². The van der Waals surface area contributed by atoms with E-state index in [1.54, 1.807) is 0 Å². The van der Waals surface area contributed by atoms with Crippen molar-refractivity contribution in [3.63, 3.8) is 0 Å². The minimum Gasteiger partial charge on any atom is -0.333 e. The van der Waals surface area contributed by atoms with Crippen LogP contribution in [-0.4, -0.2) is 72.1 Å². The molecule has 0 aliphatic heterocycles. The highest BCUT2D eigenvalue weighted by molar-refractivity contribution is 7.59. The molecule has 1 unspecified atom stereocenters. The van der Waals surface area contributed by atoms with Gasteiger partial charge in [0.2, 0.25) is 15.1 Å². The van der Waals surface area contributed by atoms with E-state index in [0.29, 0.717) is 0 Å². The fourth-order valence-corrected chi connectivity index (χ4v) is 1.17. The van der Waals surface area contributed by atoms with Crippen LogP contribution in [0.5, 0.6) is 0 Å². The Morgan fingerprint density at radius 1 is 0.773 bits per heavy atom. The molecular weight excluding hydrogens is 359 g/mol.